The minimum Gasteiger partial charge on any atom is -0.495 e. The van der Waals surface area contributed by atoms with Crippen LogP contribution in [0.1, 0.15) is 0 Å². The van der Waals surface area contributed by atoms with E-state index in [0.29, 0.717) is 0 Å². The first-order chi connectivity index (χ1) is 5.42. The number of hydrogen-bond donors (Lipinski definition) is 0. The van der Waals surface area contributed by atoms with Crippen LogP contribution in [0.4, 0.5) is 0 Å². The first kappa shape index (κ1) is 6.54. The second-order valence-corrected chi connectivity index (χ2v) is 2.77. The molecule has 1 heterocycles. The van der Waals surface area contributed by atoms with Gasteiger partial charge in [0.25, 0.3) is 0 Å². The number of fused-ring (bicyclic) bond motifs is 1. The maximum absolute atomic E-state index is 5.08. The van der Waals surface area contributed by atoms with Gasteiger partial charge in [-0.1, -0.05) is 4.49 Å². The van der Waals surface area contributed by atoms with Crippen molar-refractivity contribution >= 4 is 21.7 Å². The molecule has 1 radical (unpaired) electrons. The van der Waals surface area contributed by atoms with Gasteiger partial charge in [0.2, 0.25) is 0 Å². The number of benzene rings is 1. The average molecular weight is 165 g/mol. The summed E-state index contributed by atoms with van der Waals surface area (Å²) in [5, 5.41) is 3.88. The number of aromatic nitrogens is 2. The number of nitrogens with zero attached hydrogens (tertiary/aromatic N) is 2. The van der Waals surface area contributed by atoms with E-state index in [1.165, 1.54) is 11.5 Å². The van der Waals surface area contributed by atoms with Crippen LogP contribution in [0.25, 0.3) is 10.2 Å². The molecule has 1 aromatic heterocycles. The molecule has 0 saturated heterocycles. The highest BCUT2D eigenvalue weighted by Crippen LogP contribution is 2.25. The van der Waals surface area contributed by atoms with Gasteiger partial charge in [-0.25, -0.2) is 0 Å². The maximum Gasteiger partial charge on any atom is 0.140 e. The second kappa shape index (κ2) is 2.47. The Hall–Kier alpha value is -1.16. The van der Waals surface area contributed by atoms with Gasteiger partial charge in [-0.15, -0.1) is 5.10 Å². The zero-order chi connectivity index (χ0) is 7.68. The minimum absolute atomic E-state index is 0.789. The molecule has 0 fully saturated rings. The Labute approximate surface area is 67.8 Å². The molecule has 2 aromatic rings. The minimum atomic E-state index is 0.789. The Morgan fingerprint density at radius 3 is 3.27 bits per heavy atom. The molecule has 0 aliphatic heterocycles. The molecule has 55 valence electrons. The molecule has 2 rings (SSSR count). The van der Waals surface area contributed by atoms with Crippen LogP contribution in [0.15, 0.2) is 12.1 Å². The molecule has 3 nitrogen and oxygen atoms in total. The van der Waals surface area contributed by atoms with Crippen molar-refractivity contribution in [3.05, 3.63) is 18.2 Å². The summed E-state index contributed by atoms with van der Waals surface area (Å²) in [6.07, 6.45) is 0. The van der Waals surface area contributed by atoms with Crippen LogP contribution in [-0.2, 0) is 0 Å². The summed E-state index contributed by atoms with van der Waals surface area (Å²) in [5.41, 5.74) is 0.842. The summed E-state index contributed by atoms with van der Waals surface area (Å²) < 4.78 is 9.86. The van der Waals surface area contributed by atoms with Gasteiger partial charge in [-0.3, -0.25) is 0 Å². The smallest absolute Gasteiger partial charge is 0.140 e. The van der Waals surface area contributed by atoms with Crippen LogP contribution in [0.3, 0.4) is 0 Å². The van der Waals surface area contributed by atoms with Crippen molar-refractivity contribution < 1.29 is 4.74 Å². The topological polar surface area (TPSA) is 35.0 Å². The molecule has 0 aliphatic rings. The quantitative estimate of drug-likeness (QED) is 0.642. The molecule has 0 aliphatic carbocycles. The first-order valence-electron chi connectivity index (χ1n) is 3.08. The van der Waals surface area contributed by atoms with Crippen molar-refractivity contribution in [1.82, 2.24) is 9.59 Å². The third-order valence-electron chi connectivity index (χ3n) is 1.39. The zero-order valence-corrected chi connectivity index (χ0v) is 6.68. The average Bonchev–Trinajstić information content (AvgIpc) is 2.50. The maximum atomic E-state index is 5.08. The fourth-order valence-electron chi connectivity index (χ4n) is 0.876. The van der Waals surface area contributed by atoms with E-state index in [9.17, 15) is 0 Å². The van der Waals surface area contributed by atoms with Crippen molar-refractivity contribution in [2.24, 2.45) is 0 Å². The predicted molar refractivity (Wildman–Crippen MR) is 42.8 cm³/mol. The number of hydrogen-bond acceptors (Lipinski definition) is 4. The summed E-state index contributed by atoms with van der Waals surface area (Å²) >= 11 is 1.33. The molecular formula is C7H5N2OS. The normalized spacial score (nSPS) is 10.3. The van der Waals surface area contributed by atoms with Gasteiger partial charge in [-0.05, 0) is 29.7 Å². The van der Waals surface area contributed by atoms with Crippen molar-refractivity contribution in [3.8, 4) is 5.75 Å². The predicted octanol–water partition coefficient (Wildman–Crippen LogP) is 1.50. The highest BCUT2D eigenvalue weighted by Gasteiger charge is 2.02. The van der Waals surface area contributed by atoms with E-state index >= 15 is 0 Å². The molecule has 0 bridgehead atoms. The third kappa shape index (κ3) is 0.952. The van der Waals surface area contributed by atoms with E-state index in [1.807, 2.05) is 0 Å². The highest BCUT2D eigenvalue weighted by atomic mass is 32.1. The Kier molecular flexibility index (Phi) is 1.47. The Bertz CT molecular complexity index is 371. The van der Waals surface area contributed by atoms with Crippen molar-refractivity contribution in [2.45, 2.75) is 0 Å². The van der Waals surface area contributed by atoms with E-state index in [2.05, 4.69) is 15.7 Å². The second-order valence-electron chi connectivity index (χ2n) is 2.01. The Balaban J connectivity index is 2.79. The third-order valence-corrected chi connectivity index (χ3v) is 2.15. The van der Waals surface area contributed by atoms with Gasteiger partial charge in [0.15, 0.2) is 0 Å². The van der Waals surface area contributed by atoms with Crippen LogP contribution in [0, 0.1) is 6.07 Å². The Morgan fingerprint density at radius 1 is 1.55 bits per heavy atom. The molecule has 4 heteroatoms. The largest absolute Gasteiger partial charge is 0.495 e. The zero-order valence-electron chi connectivity index (χ0n) is 5.87. The molecule has 1 aromatic carbocycles. The van der Waals surface area contributed by atoms with Gasteiger partial charge in [-0.2, -0.15) is 0 Å². The van der Waals surface area contributed by atoms with E-state index in [1.54, 1.807) is 19.2 Å². The molecule has 0 spiro atoms. The lowest BCUT2D eigenvalue weighted by molar-refractivity contribution is 0.420. The van der Waals surface area contributed by atoms with Gasteiger partial charge in [0.1, 0.15) is 16.0 Å². The van der Waals surface area contributed by atoms with Crippen LogP contribution in [0.2, 0.25) is 0 Å². The van der Waals surface area contributed by atoms with Crippen LogP contribution in [0.5, 0.6) is 5.75 Å². The lowest BCUT2D eigenvalue weighted by Gasteiger charge is -1.96. The molecule has 0 amide bonds. The van der Waals surface area contributed by atoms with E-state index in [4.69, 9.17) is 4.74 Å². The summed E-state index contributed by atoms with van der Waals surface area (Å²) in [4.78, 5) is 0. The van der Waals surface area contributed by atoms with Gasteiger partial charge >= 0.3 is 0 Å². The van der Waals surface area contributed by atoms with E-state index in [-0.39, 0.29) is 0 Å². The SMILES string of the molecule is COc1c[c]cc2nnsc12. The standard InChI is InChI=1S/C7H5N2OS/c1-10-6-4-2-3-5-7(6)11-9-8-5/h3-4H,1H3. The fraction of sp³-hybridized carbons (Fsp3) is 0.143. The number of ether oxygens (including phenoxy) is 1. The van der Waals surface area contributed by atoms with Crippen molar-refractivity contribution in [1.29, 1.82) is 0 Å². The molecule has 0 unspecified atom stereocenters. The monoisotopic (exact) mass is 165 g/mol. The van der Waals surface area contributed by atoms with Gasteiger partial charge in [0.05, 0.1) is 7.11 Å². The van der Waals surface area contributed by atoms with Gasteiger partial charge in [0, 0.05) is 0 Å². The lowest BCUT2D eigenvalue weighted by Crippen LogP contribution is -1.81. The summed E-state index contributed by atoms with van der Waals surface area (Å²) in [7, 11) is 1.63. The highest BCUT2D eigenvalue weighted by molar-refractivity contribution is 7.13. The van der Waals surface area contributed by atoms with Crippen LogP contribution >= 0.6 is 11.5 Å². The summed E-state index contributed by atoms with van der Waals surface area (Å²) in [5.74, 6) is 0.789. The molecule has 0 N–H and O–H groups in total. The fourth-order valence-corrected chi connectivity index (χ4v) is 1.51. The van der Waals surface area contributed by atoms with E-state index < -0.39 is 0 Å². The van der Waals surface area contributed by atoms with Crippen molar-refractivity contribution in [2.75, 3.05) is 7.11 Å². The van der Waals surface area contributed by atoms with Crippen molar-refractivity contribution in [3.63, 3.8) is 0 Å². The molecular weight excluding hydrogens is 160 g/mol. The molecule has 0 saturated carbocycles. The number of rotatable bonds is 1. The first-order valence-corrected chi connectivity index (χ1v) is 3.85. The van der Waals surface area contributed by atoms with Crippen LogP contribution in [-0.4, -0.2) is 16.7 Å². The van der Waals surface area contributed by atoms with E-state index in [0.717, 1.165) is 16.0 Å². The number of methoxy groups -OCH3 is 1. The summed E-state index contributed by atoms with van der Waals surface area (Å²) in [6, 6.07) is 6.49. The summed E-state index contributed by atoms with van der Waals surface area (Å²) in [6.45, 7) is 0. The lowest BCUT2D eigenvalue weighted by atomic mass is 10.3. The van der Waals surface area contributed by atoms with Gasteiger partial charge < -0.3 is 4.74 Å². The molecule has 0 atom stereocenters. The Morgan fingerprint density at radius 2 is 2.45 bits per heavy atom. The molecule has 11 heavy (non-hydrogen) atoms. The van der Waals surface area contributed by atoms with Crippen LogP contribution < -0.4 is 4.74 Å².